The molecule has 0 saturated carbocycles. The van der Waals surface area contributed by atoms with Crippen molar-refractivity contribution in [3.05, 3.63) is 95.7 Å². The third-order valence-electron chi connectivity index (χ3n) is 9.87. The number of nitrogens with zero attached hydrogens (tertiary/aromatic N) is 3. The van der Waals surface area contributed by atoms with Crippen molar-refractivity contribution in [1.29, 1.82) is 0 Å². The molecule has 0 radical (unpaired) electrons. The lowest BCUT2D eigenvalue weighted by atomic mass is 9.81. The van der Waals surface area contributed by atoms with Crippen LogP contribution >= 0.6 is 0 Å². The third-order valence-corrected chi connectivity index (χ3v) is 10.7. The van der Waals surface area contributed by atoms with Gasteiger partial charge in [-0.3, -0.25) is 9.35 Å². The molecule has 49 heavy (non-hydrogen) atoms. The number of carbonyl (C=O) groups is 2. The molecule has 0 aromatic heterocycles. The van der Waals surface area contributed by atoms with E-state index in [2.05, 4.69) is 110 Å². The predicted molar refractivity (Wildman–Crippen MR) is 194 cm³/mol. The maximum atomic E-state index is 12.2. The molecule has 0 spiro atoms. The van der Waals surface area contributed by atoms with Gasteiger partial charge in [-0.25, -0.2) is 4.79 Å². The molecule has 9 nitrogen and oxygen atoms in total. The van der Waals surface area contributed by atoms with E-state index in [1.54, 1.807) is 0 Å². The lowest BCUT2D eigenvalue weighted by molar-refractivity contribution is -0.438. The highest BCUT2D eigenvalue weighted by Crippen LogP contribution is 2.47. The van der Waals surface area contributed by atoms with Crippen LogP contribution in [0, 0.1) is 0 Å². The lowest BCUT2D eigenvalue weighted by Gasteiger charge is -2.27. The Morgan fingerprint density at radius 3 is 2.39 bits per heavy atom. The van der Waals surface area contributed by atoms with E-state index in [4.69, 9.17) is 4.84 Å². The molecule has 10 heteroatoms. The SMILES string of the molecule is CC1(C)C(/C=C/C=C/C=C2\N(CCCCS(=O)(=O)O)c3ccccc3C2(C)C)=[N+](CCCCCC(=O)ON2CCCC2=O)c2ccccc21. The minimum atomic E-state index is -3.98. The summed E-state index contributed by atoms with van der Waals surface area (Å²) in [5.41, 5.74) is 6.81. The van der Waals surface area contributed by atoms with Crippen LogP contribution in [0.4, 0.5) is 11.4 Å². The molecule has 0 aliphatic carbocycles. The second-order valence-corrected chi connectivity index (χ2v) is 15.7. The number of allylic oxidation sites excluding steroid dienone is 6. The Bertz CT molecular complexity index is 1790. The van der Waals surface area contributed by atoms with E-state index in [0.717, 1.165) is 37.2 Å². The van der Waals surface area contributed by atoms with Crippen molar-refractivity contribution in [1.82, 2.24) is 5.06 Å². The van der Waals surface area contributed by atoms with Gasteiger partial charge in [0.2, 0.25) is 5.69 Å². The average molecular weight is 689 g/mol. The fraction of sp³-hybridized carbons (Fsp3) is 0.462. The van der Waals surface area contributed by atoms with Crippen molar-refractivity contribution >= 4 is 39.1 Å². The van der Waals surface area contributed by atoms with Crippen molar-refractivity contribution in [3.8, 4) is 0 Å². The van der Waals surface area contributed by atoms with Crippen molar-refractivity contribution in [3.63, 3.8) is 0 Å². The maximum absolute atomic E-state index is 12.2. The molecule has 1 saturated heterocycles. The fourth-order valence-corrected chi connectivity index (χ4v) is 7.85. The summed E-state index contributed by atoms with van der Waals surface area (Å²) in [4.78, 5) is 31.5. The molecule has 3 aliphatic rings. The highest BCUT2D eigenvalue weighted by molar-refractivity contribution is 7.85. The zero-order valence-electron chi connectivity index (χ0n) is 29.2. The molecule has 0 bridgehead atoms. The van der Waals surface area contributed by atoms with E-state index in [0.29, 0.717) is 45.2 Å². The van der Waals surface area contributed by atoms with Crippen LogP contribution in [-0.2, 0) is 35.4 Å². The highest BCUT2D eigenvalue weighted by Gasteiger charge is 2.44. The summed E-state index contributed by atoms with van der Waals surface area (Å²) in [5.74, 6) is -0.694. The van der Waals surface area contributed by atoms with Crippen LogP contribution in [0.25, 0.3) is 0 Å². The summed E-state index contributed by atoms with van der Waals surface area (Å²) in [6, 6.07) is 16.9. The fourth-order valence-electron chi connectivity index (χ4n) is 7.28. The second-order valence-electron chi connectivity index (χ2n) is 14.1. The van der Waals surface area contributed by atoms with Crippen LogP contribution in [0.5, 0.6) is 0 Å². The minimum Gasteiger partial charge on any atom is -0.344 e. The van der Waals surface area contributed by atoms with Crippen molar-refractivity contribution < 1.29 is 32.0 Å². The van der Waals surface area contributed by atoms with Crippen LogP contribution in [0.15, 0.2) is 84.6 Å². The number of hydrogen-bond donors (Lipinski definition) is 1. The number of para-hydroxylation sites is 2. The lowest BCUT2D eigenvalue weighted by Crippen LogP contribution is -2.28. The highest BCUT2D eigenvalue weighted by atomic mass is 32.2. The zero-order valence-corrected chi connectivity index (χ0v) is 30.0. The van der Waals surface area contributed by atoms with Gasteiger partial charge in [0.05, 0.1) is 17.7 Å². The normalized spacial score (nSPS) is 19.1. The molecule has 3 heterocycles. The van der Waals surface area contributed by atoms with E-state index in [-0.39, 0.29) is 28.5 Å². The molecule has 1 amide bonds. The van der Waals surface area contributed by atoms with Gasteiger partial charge in [-0.05, 0) is 63.7 Å². The Kier molecular flexibility index (Phi) is 11.3. The molecule has 1 fully saturated rings. The number of rotatable bonds is 15. The predicted octanol–water partition coefficient (Wildman–Crippen LogP) is 7.17. The summed E-state index contributed by atoms with van der Waals surface area (Å²) in [6.07, 6.45) is 15.6. The molecular weight excluding hydrogens is 639 g/mol. The molecule has 0 atom stereocenters. The second kappa shape index (κ2) is 15.3. The summed E-state index contributed by atoms with van der Waals surface area (Å²) >= 11 is 0. The summed E-state index contributed by atoms with van der Waals surface area (Å²) in [7, 11) is -3.98. The molecule has 3 aliphatic heterocycles. The van der Waals surface area contributed by atoms with Crippen LogP contribution in [-0.4, -0.2) is 65.6 Å². The number of amides is 1. The first kappa shape index (κ1) is 36.3. The Morgan fingerprint density at radius 1 is 0.918 bits per heavy atom. The van der Waals surface area contributed by atoms with E-state index in [1.165, 1.54) is 27.6 Å². The van der Waals surface area contributed by atoms with Gasteiger partial charge in [0.1, 0.15) is 6.54 Å². The molecule has 0 unspecified atom stereocenters. The molecular formula is C39H50N3O6S+. The number of unbranched alkanes of at least 4 members (excludes halogenated alkanes) is 3. The molecule has 5 rings (SSSR count). The van der Waals surface area contributed by atoms with Gasteiger partial charge in [0.25, 0.3) is 16.0 Å². The van der Waals surface area contributed by atoms with Crippen LogP contribution in [0.2, 0.25) is 0 Å². The molecule has 2 aromatic carbocycles. The van der Waals surface area contributed by atoms with E-state index in [1.807, 2.05) is 6.07 Å². The monoisotopic (exact) mass is 688 g/mol. The molecule has 1 N–H and O–H groups in total. The molecule has 2 aromatic rings. The van der Waals surface area contributed by atoms with Gasteiger partial charge in [0.15, 0.2) is 5.71 Å². The molecule has 262 valence electrons. The van der Waals surface area contributed by atoms with Gasteiger partial charge in [-0.1, -0.05) is 68.5 Å². The largest absolute Gasteiger partial charge is 0.344 e. The average Bonchev–Trinajstić information content (AvgIpc) is 3.62. The van der Waals surface area contributed by atoms with E-state index < -0.39 is 10.1 Å². The number of hydroxylamine groups is 2. The minimum absolute atomic E-state index is 0.118. The van der Waals surface area contributed by atoms with Crippen molar-refractivity contribution in [2.45, 2.75) is 89.9 Å². The Labute approximate surface area is 291 Å². The first-order valence-electron chi connectivity index (χ1n) is 17.4. The van der Waals surface area contributed by atoms with Gasteiger partial charge in [-0.15, -0.1) is 0 Å². The summed E-state index contributed by atoms with van der Waals surface area (Å²) < 4.78 is 34.1. The zero-order chi connectivity index (χ0) is 35.2. The van der Waals surface area contributed by atoms with E-state index in [9.17, 15) is 22.6 Å². The summed E-state index contributed by atoms with van der Waals surface area (Å²) in [5, 5.41) is 1.20. The Hall–Kier alpha value is -4.02. The smallest absolute Gasteiger partial charge is 0.332 e. The van der Waals surface area contributed by atoms with Gasteiger partial charge >= 0.3 is 5.97 Å². The third kappa shape index (κ3) is 8.41. The van der Waals surface area contributed by atoms with Crippen molar-refractivity contribution in [2.75, 3.05) is 30.3 Å². The van der Waals surface area contributed by atoms with E-state index >= 15 is 0 Å². The quantitative estimate of drug-likeness (QED) is 0.0916. The summed E-state index contributed by atoms with van der Waals surface area (Å²) in [6.45, 7) is 10.9. The van der Waals surface area contributed by atoms with Crippen LogP contribution < -0.4 is 4.90 Å². The number of benzene rings is 2. The standard InChI is InChI=1S/C39H49N3O6S/c1-38(2)30-18-10-12-20-32(30)40(26-14-6-9-25-37(44)48-42-28-17-24-36(42)43)34(38)22-7-5-8-23-35-39(3,4)31-19-11-13-21-33(31)41(35)27-15-16-29-49(45,46)47/h5,7-8,10-13,18-23H,6,9,14-17,24-29H2,1-4H3/p+1. The maximum Gasteiger partial charge on any atom is 0.332 e. The number of carbonyl (C=O) groups excluding carboxylic acids is 2. The first-order chi connectivity index (χ1) is 23.3. The number of hydrogen-bond acceptors (Lipinski definition) is 6. The number of anilines is 1. The Morgan fingerprint density at radius 2 is 1.65 bits per heavy atom. The topological polar surface area (TPSA) is 107 Å². The van der Waals surface area contributed by atoms with Gasteiger partial charge in [-0.2, -0.15) is 18.1 Å². The van der Waals surface area contributed by atoms with Crippen LogP contribution in [0.1, 0.15) is 90.2 Å². The first-order valence-corrected chi connectivity index (χ1v) is 19.0. The van der Waals surface area contributed by atoms with Crippen molar-refractivity contribution in [2.24, 2.45) is 0 Å². The van der Waals surface area contributed by atoms with Gasteiger partial charge in [0, 0.05) is 60.3 Å². The number of fused-ring (bicyclic) bond motifs is 2. The van der Waals surface area contributed by atoms with Gasteiger partial charge < -0.3 is 9.74 Å². The van der Waals surface area contributed by atoms with Crippen LogP contribution in [0.3, 0.4) is 0 Å². The Balaban J connectivity index is 1.27.